The van der Waals surface area contributed by atoms with E-state index in [9.17, 15) is 18.3 Å². The highest BCUT2D eigenvalue weighted by Gasteiger charge is 2.30. The van der Waals surface area contributed by atoms with Gasteiger partial charge in [-0.15, -0.1) is 0 Å². The number of aliphatic hydroxyl groups is 1. The highest BCUT2D eigenvalue weighted by molar-refractivity contribution is 5.27. The van der Waals surface area contributed by atoms with Crippen LogP contribution in [0.5, 0.6) is 0 Å². The molecule has 7 heteroatoms. The molecule has 0 spiro atoms. The Kier molecular flexibility index (Phi) is 5.10. The molecule has 118 valence electrons. The Bertz CT molecular complexity index is 604. The molecular weight excluding hydrogens is 295 g/mol. The van der Waals surface area contributed by atoms with Crippen molar-refractivity contribution in [1.82, 2.24) is 15.3 Å². The summed E-state index contributed by atoms with van der Waals surface area (Å²) >= 11 is 0. The lowest BCUT2D eigenvalue weighted by Gasteiger charge is -2.17. The number of nitrogens with zero attached hydrogens (tertiary/aromatic N) is 2. The molecule has 1 aromatic heterocycles. The molecule has 0 bridgehead atoms. The predicted molar refractivity (Wildman–Crippen MR) is 74.9 cm³/mol. The Morgan fingerprint density at radius 1 is 1.27 bits per heavy atom. The summed E-state index contributed by atoms with van der Waals surface area (Å²) in [6.07, 6.45) is -0.768. The Labute approximate surface area is 126 Å². The van der Waals surface area contributed by atoms with Crippen LogP contribution in [0.1, 0.15) is 35.9 Å². The lowest BCUT2D eigenvalue weighted by molar-refractivity contribution is -0.137. The van der Waals surface area contributed by atoms with Gasteiger partial charge in [-0.3, -0.25) is 9.97 Å². The minimum absolute atomic E-state index is 0.110. The molecule has 0 saturated heterocycles. The lowest BCUT2D eigenvalue weighted by atomic mass is 10.1. The third-order valence-corrected chi connectivity index (χ3v) is 3.24. The van der Waals surface area contributed by atoms with Gasteiger partial charge in [0.05, 0.1) is 17.4 Å². The minimum atomic E-state index is -4.42. The summed E-state index contributed by atoms with van der Waals surface area (Å²) < 4.78 is 38.0. The monoisotopic (exact) mass is 311 g/mol. The van der Waals surface area contributed by atoms with Gasteiger partial charge in [0, 0.05) is 31.2 Å². The van der Waals surface area contributed by atoms with E-state index in [0.29, 0.717) is 5.69 Å². The Hall–Kier alpha value is -1.99. The maximum absolute atomic E-state index is 12.7. The average molecular weight is 311 g/mol. The standard InChI is InChI=1S/C15H16F3N3O/c1-10(13-8-19-5-6-20-13)21-9-14(22)11-3-2-4-12(7-11)15(16,17)18/h2-8,10,14,21-22H,9H2,1H3. The van der Waals surface area contributed by atoms with Crippen molar-refractivity contribution in [1.29, 1.82) is 0 Å². The zero-order chi connectivity index (χ0) is 16.2. The fourth-order valence-corrected chi connectivity index (χ4v) is 1.97. The first-order valence-corrected chi connectivity index (χ1v) is 6.72. The molecule has 0 aliphatic carbocycles. The van der Waals surface area contributed by atoms with Gasteiger partial charge in [-0.25, -0.2) is 0 Å². The highest BCUT2D eigenvalue weighted by atomic mass is 19.4. The summed E-state index contributed by atoms with van der Waals surface area (Å²) in [7, 11) is 0. The Morgan fingerprint density at radius 3 is 2.68 bits per heavy atom. The molecule has 1 aromatic carbocycles. The number of nitrogens with one attached hydrogen (secondary N) is 1. The fourth-order valence-electron chi connectivity index (χ4n) is 1.97. The van der Waals surface area contributed by atoms with E-state index in [1.54, 1.807) is 18.6 Å². The van der Waals surface area contributed by atoms with Gasteiger partial charge in [0.25, 0.3) is 0 Å². The summed E-state index contributed by atoms with van der Waals surface area (Å²) in [5.41, 5.74) is 0.137. The summed E-state index contributed by atoms with van der Waals surface area (Å²) in [5, 5.41) is 13.1. The molecule has 2 N–H and O–H groups in total. The second-order valence-electron chi connectivity index (χ2n) is 4.90. The van der Waals surface area contributed by atoms with E-state index in [-0.39, 0.29) is 18.2 Å². The molecule has 0 radical (unpaired) electrons. The lowest BCUT2D eigenvalue weighted by Crippen LogP contribution is -2.25. The van der Waals surface area contributed by atoms with E-state index >= 15 is 0 Å². The molecule has 1 heterocycles. The topological polar surface area (TPSA) is 58.0 Å². The fraction of sp³-hybridized carbons (Fsp3) is 0.333. The Balaban J connectivity index is 1.99. The molecule has 22 heavy (non-hydrogen) atoms. The number of aromatic nitrogens is 2. The highest BCUT2D eigenvalue weighted by Crippen LogP contribution is 2.30. The van der Waals surface area contributed by atoms with Crippen LogP contribution in [0.4, 0.5) is 13.2 Å². The molecule has 2 atom stereocenters. The number of hydrogen-bond acceptors (Lipinski definition) is 4. The van der Waals surface area contributed by atoms with E-state index in [2.05, 4.69) is 15.3 Å². The van der Waals surface area contributed by atoms with Gasteiger partial charge in [0.1, 0.15) is 0 Å². The zero-order valence-electron chi connectivity index (χ0n) is 11.9. The summed E-state index contributed by atoms with van der Waals surface area (Å²) in [6.45, 7) is 1.95. The van der Waals surface area contributed by atoms with Crippen molar-refractivity contribution >= 4 is 0 Å². The number of halogens is 3. The number of benzene rings is 1. The third kappa shape index (κ3) is 4.25. The summed E-state index contributed by atoms with van der Waals surface area (Å²) in [5.74, 6) is 0. The first-order valence-electron chi connectivity index (χ1n) is 6.72. The van der Waals surface area contributed by atoms with Crippen molar-refractivity contribution in [2.24, 2.45) is 0 Å². The first-order chi connectivity index (χ1) is 10.4. The molecule has 2 unspecified atom stereocenters. The van der Waals surface area contributed by atoms with Gasteiger partial charge in [-0.05, 0) is 24.6 Å². The van der Waals surface area contributed by atoms with E-state index in [0.717, 1.165) is 12.1 Å². The number of aliphatic hydroxyl groups excluding tert-OH is 1. The van der Waals surface area contributed by atoms with Crippen molar-refractivity contribution < 1.29 is 18.3 Å². The SMILES string of the molecule is CC(NCC(O)c1cccc(C(F)(F)F)c1)c1cnccn1. The number of rotatable bonds is 5. The van der Waals surface area contributed by atoms with E-state index in [1.165, 1.54) is 12.1 Å². The van der Waals surface area contributed by atoms with E-state index in [1.807, 2.05) is 6.92 Å². The van der Waals surface area contributed by atoms with Crippen molar-refractivity contribution in [3.63, 3.8) is 0 Å². The molecule has 0 fully saturated rings. The third-order valence-electron chi connectivity index (χ3n) is 3.24. The molecule has 0 saturated carbocycles. The van der Waals surface area contributed by atoms with Crippen LogP contribution in [-0.2, 0) is 6.18 Å². The minimum Gasteiger partial charge on any atom is -0.387 e. The molecular formula is C15H16F3N3O. The van der Waals surface area contributed by atoms with Crippen molar-refractivity contribution in [3.8, 4) is 0 Å². The quantitative estimate of drug-likeness (QED) is 0.891. The van der Waals surface area contributed by atoms with Gasteiger partial charge in [0.15, 0.2) is 0 Å². The van der Waals surface area contributed by atoms with Gasteiger partial charge < -0.3 is 10.4 Å². The number of alkyl halides is 3. The molecule has 0 aliphatic rings. The van der Waals surface area contributed by atoms with Crippen molar-refractivity contribution in [2.45, 2.75) is 25.2 Å². The average Bonchev–Trinajstić information content (AvgIpc) is 2.52. The molecule has 2 rings (SSSR count). The second kappa shape index (κ2) is 6.85. The molecule has 2 aromatic rings. The second-order valence-corrected chi connectivity index (χ2v) is 4.90. The van der Waals surface area contributed by atoms with E-state index in [4.69, 9.17) is 0 Å². The molecule has 0 aliphatic heterocycles. The van der Waals surface area contributed by atoms with Crippen LogP contribution in [0.3, 0.4) is 0 Å². The van der Waals surface area contributed by atoms with E-state index < -0.39 is 17.8 Å². The largest absolute Gasteiger partial charge is 0.416 e. The van der Waals surface area contributed by atoms with Crippen LogP contribution < -0.4 is 5.32 Å². The van der Waals surface area contributed by atoms with Gasteiger partial charge in [-0.2, -0.15) is 13.2 Å². The van der Waals surface area contributed by atoms with Gasteiger partial charge in [0.2, 0.25) is 0 Å². The first kappa shape index (κ1) is 16.4. The smallest absolute Gasteiger partial charge is 0.387 e. The Morgan fingerprint density at radius 2 is 2.05 bits per heavy atom. The van der Waals surface area contributed by atoms with Gasteiger partial charge >= 0.3 is 6.18 Å². The van der Waals surface area contributed by atoms with Crippen LogP contribution in [0.2, 0.25) is 0 Å². The van der Waals surface area contributed by atoms with Crippen molar-refractivity contribution in [3.05, 3.63) is 59.7 Å². The van der Waals surface area contributed by atoms with Crippen LogP contribution in [0.15, 0.2) is 42.9 Å². The summed E-state index contributed by atoms with van der Waals surface area (Å²) in [6, 6.07) is 4.52. The zero-order valence-corrected chi connectivity index (χ0v) is 11.9. The van der Waals surface area contributed by atoms with Gasteiger partial charge in [-0.1, -0.05) is 12.1 Å². The van der Waals surface area contributed by atoms with Crippen molar-refractivity contribution in [2.75, 3.05) is 6.54 Å². The van der Waals surface area contributed by atoms with Crippen LogP contribution in [-0.4, -0.2) is 21.6 Å². The molecule has 4 nitrogen and oxygen atoms in total. The molecule has 0 amide bonds. The number of hydrogen-bond donors (Lipinski definition) is 2. The maximum atomic E-state index is 12.7. The summed E-state index contributed by atoms with van der Waals surface area (Å²) in [4.78, 5) is 8.06. The van der Waals surface area contributed by atoms with Crippen LogP contribution >= 0.6 is 0 Å². The van der Waals surface area contributed by atoms with Crippen LogP contribution in [0, 0.1) is 0 Å². The van der Waals surface area contributed by atoms with Crippen LogP contribution in [0.25, 0.3) is 0 Å². The normalized spacial score (nSPS) is 14.6. The predicted octanol–water partition coefficient (Wildman–Crippen LogP) is 2.88. The maximum Gasteiger partial charge on any atom is 0.416 e.